The van der Waals surface area contributed by atoms with Crippen molar-refractivity contribution in [1.82, 2.24) is 5.32 Å². The molecule has 0 spiro atoms. The van der Waals surface area contributed by atoms with E-state index in [-0.39, 0.29) is 0 Å². The van der Waals surface area contributed by atoms with Gasteiger partial charge >= 0.3 is 0 Å². The second kappa shape index (κ2) is 6.82. The van der Waals surface area contributed by atoms with Gasteiger partial charge in [0.1, 0.15) is 5.75 Å². The Balaban J connectivity index is 0.000000138. The highest BCUT2D eigenvalue weighted by molar-refractivity contribution is 5.28. The summed E-state index contributed by atoms with van der Waals surface area (Å²) in [5.74, 6) is 0.910. The van der Waals surface area contributed by atoms with Crippen LogP contribution in [0.2, 0.25) is 0 Å². The third-order valence-corrected chi connectivity index (χ3v) is 2.98. The molecule has 0 amide bonds. The molecule has 0 radical (unpaired) electrons. The Bertz CT molecular complexity index is 443. The Morgan fingerprint density at radius 3 is 2.17 bits per heavy atom. The van der Waals surface area contributed by atoms with Gasteiger partial charge in [0, 0.05) is 6.54 Å². The molecule has 2 aromatic carbocycles. The smallest absolute Gasteiger partial charge is 0.118 e. The molecule has 2 nitrogen and oxygen atoms in total. The number of para-hydroxylation sites is 1. The normalized spacial score (nSPS) is 12.9. The van der Waals surface area contributed by atoms with E-state index in [1.165, 1.54) is 17.5 Å². The van der Waals surface area contributed by atoms with Crippen molar-refractivity contribution in [2.75, 3.05) is 13.7 Å². The predicted octanol–water partition coefficient (Wildman–Crippen LogP) is 3.03. The zero-order valence-electron chi connectivity index (χ0n) is 10.7. The van der Waals surface area contributed by atoms with Crippen molar-refractivity contribution in [3.63, 3.8) is 0 Å². The number of hydrogen-bond donors (Lipinski definition) is 1. The lowest BCUT2D eigenvalue weighted by molar-refractivity contribution is 0.415. The van der Waals surface area contributed by atoms with Crippen LogP contribution in [0.15, 0.2) is 54.6 Å². The minimum atomic E-state index is 0.910. The van der Waals surface area contributed by atoms with Gasteiger partial charge in [-0.25, -0.2) is 0 Å². The number of fused-ring (bicyclic) bond motifs is 1. The van der Waals surface area contributed by atoms with E-state index in [1.807, 2.05) is 30.3 Å². The highest BCUT2D eigenvalue weighted by Crippen LogP contribution is 2.11. The molecule has 3 rings (SSSR count). The minimum Gasteiger partial charge on any atom is -0.497 e. The van der Waals surface area contributed by atoms with Crippen molar-refractivity contribution >= 4 is 0 Å². The molecular formula is C16H19NO. The molecule has 2 heteroatoms. The van der Waals surface area contributed by atoms with Crippen LogP contribution >= 0.6 is 0 Å². The third-order valence-electron chi connectivity index (χ3n) is 2.98. The van der Waals surface area contributed by atoms with Crippen molar-refractivity contribution in [2.24, 2.45) is 0 Å². The topological polar surface area (TPSA) is 21.3 Å². The molecule has 0 saturated carbocycles. The lowest BCUT2D eigenvalue weighted by Gasteiger charge is -2.15. The van der Waals surface area contributed by atoms with E-state index in [0.29, 0.717) is 0 Å². The molecule has 1 aliphatic heterocycles. The molecule has 0 unspecified atom stereocenters. The molecule has 0 aromatic heterocycles. The van der Waals surface area contributed by atoms with Crippen LogP contribution in [0.4, 0.5) is 0 Å². The fourth-order valence-corrected chi connectivity index (χ4v) is 1.98. The average molecular weight is 241 g/mol. The van der Waals surface area contributed by atoms with Gasteiger partial charge in [-0.15, -0.1) is 0 Å². The van der Waals surface area contributed by atoms with Gasteiger partial charge in [-0.1, -0.05) is 42.5 Å². The van der Waals surface area contributed by atoms with Gasteiger partial charge in [-0.3, -0.25) is 0 Å². The van der Waals surface area contributed by atoms with Crippen LogP contribution in [-0.4, -0.2) is 13.7 Å². The van der Waals surface area contributed by atoms with E-state index < -0.39 is 0 Å². The fraction of sp³-hybridized carbons (Fsp3) is 0.250. The maximum atomic E-state index is 4.91. The first-order valence-electron chi connectivity index (χ1n) is 6.26. The molecule has 2 aromatic rings. The van der Waals surface area contributed by atoms with Crippen LogP contribution in [0.5, 0.6) is 5.75 Å². The van der Waals surface area contributed by atoms with Gasteiger partial charge in [0.25, 0.3) is 0 Å². The first-order valence-corrected chi connectivity index (χ1v) is 6.26. The maximum absolute atomic E-state index is 4.91. The summed E-state index contributed by atoms with van der Waals surface area (Å²) < 4.78 is 4.91. The zero-order valence-corrected chi connectivity index (χ0v) is 10.7. The Morgan fingerprint density at radius 2 is 1.56 bits per heavy atom. The molecule has 0 aliphatic carbocycles. The van der Waals surface area contributed by atoms with Gasteiger partial charge in [-0.05, 0) is 36.2 Å². The van der Waals surface area contributed by atoms with Crippen LogP contribution in [0.3, 0.4) is 0 Å². The van der Waals surface area contributed by atoms with Gasteiger partial charge < -0.3 is 10.1 Å². The summed E-state index contributed by atoms with van der Waals surface area (Å²) in [6, 6.07) is 18.3. The third kappa shape index (κ3) is 3.60. The SMILES string of the molecule is COc1ccccc1.c1ccc2c(c1)CCNC2. The maximum Gasteiger partial charge on any atom is 0.118 e. The van der Waals surface area contributed by atoms with Crippen LogP contribution in [0, 0.1) is 0 Å². The zero-order chi connectivity index (χ0) is 12.6. The van der Waals surface area contributed by atoms with Gasteiger partial charge in [0.15, 0.2) is 0 Å². The monoisotopic (exact) mass is 241 g/mol. The van der Waals surface area contributed by atoms with Crippen LogP contribution < -0.4 is 10.1 Å². The Labute approximate surface area is 109 Å². The molecule has 0 fully saturated rings. The molecule has 1 heterocycles. The quantitative estimate of drug-likeness (QED) is 0.828. The summed E-state index contributed by atoms with van der Waals surface area (Å²) in [5, 5.41) is 3.34. The number of benzene rings is 2. The Hall–Kier alpha value is -1.80. The van der Waals surface area contributed by atoms with Crippen molar-refractivity contribution in [3.05, 3.63) is 65.7 Å². The highest BCUT2D eigenvalue weighted by Gasteiger charge is 2.05. The number of rotatable bonds is 1. The second-order valence-corrected chi connectivity index (χ2v) is 4.21. The van der Waals surface area contributed by atoms with E-state index in [9.17, 15) is 0 Å². The number of ether oxygens (including phenoxy) is 1. The molecule has 0 saturated heterocycles. The molecule has 18 heavy (non-hydrogen) atoms. The van der Waals surface area contributed by atoms with Crippen LogP contribution in [0.25, 0.3) is 0 Å². The number of hydrogen-bond acceptors (Lipinski definition) is 2. The van der Waals surface area contributed by atoms with Crippen LogP contribution in [-0.2, 0) is 13.0 Å². The lowest BCUT2D eigenvalue weighted by Crippen LogP contribution is -2.23. The predicted molar refractivity (Wildman–Crippen MR) is 74.8 cm³/mol. The summed E-state index contributed by atoms with van der Waals surface area (Å²) >= 11 is 0. The minimum absolute atomic E-state index is 0.910. The van der Waals surface area contributed by atoms with Crippen molar-refractivity contribution in [3.8, 4) is 5.75 Å². The van der Waals surface area contributed by atoms with Crippen molar-refractivity contribution in [1.29, 1.82) is 0 Å². The standard InChI is InChI=1S/C9H11N.C7H8O/c1-2-4-9-7-10-6-5-8(9)3-1;1-8-7-5-3-2-4-6-7/h1-4,10H,5-7H2;2-6H,1H3. The summed E-state index contributed by atoms with van der Waals surface area (Å²) in [5.41, 5.74) is 2.98. The molecule has 1 N–H and O–H groups in total. The second-order valence-electron chi connectivity index (χ2n) is 4.21. The van der Waals surface area contributed by atoms with E-state index >= 15 is 0 Å². The summed E-state index contributed by atoms with van der Waals surface area (Å²) in [4.78, 5) is 0. The Morgan fingerprint density at radius 1 is 0.889 bits per heavy atom. The van der Waals surface area contributed by atoms with Crippen LogP contribution in [0.1, 0.15) is 11.1 Å². The average Bonchev–Trinajstić information content (AvgIpc) is 2.49. The number of nitrogens with one attached hydrogen (secondary N) is 1. The molecule has 1 aliphatic rings. The molecule has 0 bridgehead atoms. The summed E-state index contributed by atoms with van der Waals surface area (Å²) in [6.45, 7) is 2.19. The van der Waals surface area contributed by atoms with Gasteiger partial charge in [0.2, 0.25) is 0 Å². The molecular weight excluding hydrogens is 222 g/mol. The van der Waals surface area contributed by atoms with E-state index in [2.05, 4.69) is 29.6 Å². The largest absolute Gasteiger partial charge is 0.497 e. The summed E-state index contributed by atoms with van der Waals surface area (Å²) in [6.07, 6.45) is 1.19. The fourth-order valence-electron chi connectivity index (χ4n) is 1.98. The van der Waals surface area contributed by atoms with E-state index in [0.717, 1.165) is 18.8 Å². The first kappa shape index (κ1) is 12.7. The molecule has 0 atom stereocenters. The van der Waals surface area contributed by atoms with E-state index in [4.69, 9.17) is 4.74 Å². The van der Waals surface area contributed by atoms with Gasteiger partial charge in [-0.2, -0.15) is 0 Å². The molecule has 94 valence electrons. The van der Waals surface area contributed by atoms with Crippen molar-refractivity contribution in [2.45, 2.75) is 13.0 Å². The number of methoxy groups -OCH3 is 1. The summed E-state index contributed by atoms with van der Waals surface area (Å²) in [7, 11) is 1.66. The van der Waals surface area contributed by atoms with Gasteiger partial charge in [0.05, 0.1) is 7.11 Å². The van der Waals surface area contributed by atoms with Crippen molar-refractivity contribution < 1.29 is 4.74 Å². The lowest BCUT2D eigenvalue weighted by atomic mass is 10.0. The first-order chi connectivity index (χ1) is 8.90. The van der Waals surface area contributed by atoms with E-state index in [1.54, 1.807) is 7.11 Å². The Kier molecular flexibility index (Phi) is 4.79. The highest BCUT2D eigenvalue weighted by atomic mass is 16.5.